The molecule has 0 saturated heterocycles. The van der Waals surface area contributed by atoms with Gasteiger partial charge in [0.2, 0.25) is 0 Å². The zero-order valence-electron chi connectivity index (χ0n) is 11.0. The van der Waals surface area contributed by atoms with Gasteiger partial charge in [0.25, 0.3) is 0 Å². The predicted molar refractivity (Wildman–Crippen MR) is 94.2 cm³/mol. The maximum Gasteiger partial charge on any atom is 0.347 e. The summed E-state index contributed by atoms with van der Waals surface area (Å²) in [6, 6.07) is 0. The van der Waals surface area contributed by atoms with Crippen LogP contribution in [0.5, 0.6) is 0 Å². The first-order valence-corrected chi connectivity index (χ1v) is 9.31. The number of hydrogen-bond donors (Lipinski definition) is 0. The lowest BCUT2D eigenvalue weighted by Gasteiger charge is -2.25. The van der Waals surface area contributed by atoms with Crippen LogP contribution in [0.2, 0.25) is 0 Å². The molecule has 0 amide bonds. The molecule has 2 aliphatic heterocycles. The van der Waals surface area contributed by atoms with Crippen LogP contribution in [0.25, 0.3) is 10.8 Å². The lowest BCUT2D eigenvalue weighted by molar-refractivity contribution is 0.0363. The van der Waals surface area contributed by atoms with Gasteiger partial charge in [0.15, 0.2) is 0 Å². The SMILES string of the molecule is O=C1OC(=O)c2c(Br)c(Br)c3c4c(c(Br)c(Br)c1c24)C(=O)OC3=O. The molecular formula is C14Br4O6. The second-order valence-corrected chi connectivity index (χ2v) is 8.03. The van der Waals surface area contributed by atoms with Gasteiger partial charge in [-0.2, -0.15) is 0 Å². The minimum absolute atomic E-state index is 0.0483. The summed E-state index contributed by atoms with van der Waals surface area (Å²) < 4.78 is 10.5. The monoisotopic (exact) mass is 580 g/mol. The summed E-state index contributed by atoms with van der Waals surface area (Å²) in [4.78, 5) is 48.9. The number of carbonyl (C=O) groups is 4. The molecule has 2 aromatic carbocycles. The highest BCUT2D eigenvalue weighted by Crippen LogP contribution is 2.49. The van der Waals surface area contributed by atoms with Gasteiger partial charge in [-0.05, 0) is 63.7 Å². The topological polar surface area (TPSA) is 86.7 Å². The summed E-state index contributed by atoms with van der Waals surface area (Å²) in [6.07, 6.45) is 0. The molecule has 0 N–H and O–H groups in total. The van der Waals surface area contributed by atoms with Crippen LogP contribution in [-0.2, 0) is 9.47 Å². The zero-order valence-corrected chi connectivity index (χ0v) is 17.3. The Labute approximate surface area is 166 Å². The average molecular weight is 584 g/mol. The summed E-state index contributed by atoms with van der Waals surface area (Å²) in [6.45, 7) is 0. The molecule has 0 bridgehead atoms. The summed E-state index contributed by atoms with van der Waals surface area (Å²) >= 11 is 12.9. The quantitative estimate of drug-likeness (QED) is 0.335. The Kier molecular flexibility index (Phi) is 3.55. The molecule has 4 rings (SSSR count). The molecule has 0 unspecified atom stereocenters. The molecule has 0 fully saturated rings. The molecule has 0 aromatic heterocycles. The number of ether oxygens (including phenoxy) is 2. The van der Waals surface area contributed by atoms with E-state index in [-0.39, 0.29) is 50.9 Å². The molecule has 0 radical (unpaired) electrons. The molecule has 0 saturated carbocycles. The average Bonchev–Trinajstić information content (AvgIpc) is 2.49. The third kappa shape index (κ3) is 1.85. The largest absolute Gasteiger partial charge is 0.386 e. The van der Waals surface area contributed by atoms with E-state index < -0.39 is 23.9 Å². The maximum atomic E-state index is 12.2. The minimum atomic E-state index is -0.877. The third-order valence-electron chi connectivity index (χ3n) is 3.70. The molecular weight excluding hydrogens is 584 g/mol. The van der Waals surface area contributed by atoms with Gasteiger partial charge in [0.1, 0.15) is 0 Å². The molecule has 0 aliphatic carbocycles. The first kappa shape index (κ1) is 16.4. The van der Waals surface area contributed by atoms with Crippen LogP contribution < -0.4 is 0 Å². The Hall–Kier alpha value is -1.10. The fourth-order valence-corrected chi connectivity index (χ4v) is 5.00. The van der Waals surface area contributed by atoms with Crippen molar-refractivity contribution >= 4 is 98.4 Å². The highest BCUT2D eigenvalue weighted by molar-refractivity contribution is 9.13. The van der Waals surface area contributed by atoms with Crippen LogP contribution in [0.4, 0.5) is 0 Å². The number of halogens is 4. The molecule has 2 aliphatic rings. The smallest absolute Gasteiger partial charge is 0.347 e. The Morgan fingerprint density at radius 3 is 0.875 bits per heavy atom. The van der Waals surface area contributed by atoms with Gasteiger partial charge in [0.05, 0.1) is 22.3 Å². The fourth-order valence-electron chi connectivity index (χ4n) is 2.77. The zero-order chi connectivity index (χ0) is 17.5. The van der Waals surface area contributed by atoms with Gasteiger partial charge in [-0.15, -0.1) is 0 Å². The van der Waals surface area contributed by atoms with Crippen molar-refractivity contribution in [1.82, 2.24) is 0 Å². The molecule has 0 atom stereocenters. The lowest BCUT2D eigenvalue weighted by atomic mass is 9.89. The van der Waals surface area contributed by atoms with E-state index in [0.717, 1.165) is 0 Å². The second kappa shape index (κ2) is 5.20. The van der Waals surface area contributed by atoms with Crippen molar-refractivity contribution in [3.8, 4) is 0 Å². The first-order valence-electron chi connectivity index (χ1n) is 6.14. The Balaban J connectivity index is 2.45. The fraction of sp³-hybridized carbons (Fsp3) is 0. The Morgan fingerprint density at radius 2 is 0.667 bits per heavy atom. The van der Waals surface area contributed by atoms with Crippen molar-refractivity contribution in [3.63, 3.8) is 0 Å². The first-order chi connectivity index (χ1) is 11.3. The van der Waals surface area contributed by atoms with Crippen molar-refractivity contribution < 1.29 is 28.7 Å². The predicted octanol–water partition coefficient (Wildman–Crippen LogP) is 4.51. The third-order valence-corrected chi connectivity index (χ3v) is 7.94. The van der Waals surface area contributed by atoms with E-state index in [0.29, 0.717) is 0 Å². The summed E-state index contributed by atoms with van der Waals surface area (Å²) in [5.41, 5.74) is 0.193. The number of esters is 4. The molecule has 2 aromatic rings. The molecule has 120 valence electrons. The highest BCUT2D eigenvalue weighted by atomic mass is 79.9. The standard InChI is InChI=1S/C14Br4O6/c15-7-3-1-2-5(9(7)17)13(21)24-14(22)6(2)10(18)8(16)4(1)12(20)23-11(3)19. The minimum Gasteiger partial charge on any atom is -0.386 e. The summed E-state index contributed by atoms with van der Waals surface area (Å²) in [5, 5.41) is 0.327. The molecule has 24 heavy (non-hydrogen) atoms. The van der Waals surface area contributed by atoms with Crippen molar-refractivity contribution in [2.24, 2.45) is 0 Å². The van der Waals surface area contributed by atoms with Gasteiger partial charge in [-0.3, -0.25) is 0 Å². The van der Waals surface area contributed by atoms with Crippen LogP contribution in [0, 0.1) is 0 Å². The number of carbonyl (C=O) groups excluding carboxylic acids is 4. The van der Waals surface area contributed by atoms with Gasteiger partial charge < -0.3 is 9.47 Å². The van der Waals surface area contributed by atoms with E-state index in [1.54, 1.807) is 0 Å². The summed E-state index contributed by atoms with van der Waals surface area (Å²) in [7, 11) is 0. The van der Waals surface area contributed by atoms with Crippen LogP contribution in [0.1, 0.15) is 41.4 Å². The normalized spacial score (nSPS) is 15.7. The van der Waals surface area contributed by atoms with Gasteiger partial charge in [-0.1, -0.05) is 0 Å². The number of cyclic esters (lactones) is 4. The van der Waals surface area contributed by atoms with Crippen LogP contribution in [0.15, 0.2) is 17.9 Å². The number of benzene rings is 2. The van der Waals surface area contributed by atoms with E-state index in [2.05, 4.69) is 63.7 Å². The maximum absolute atomic E-state index is 12.2. The highest BCUT2D eigenvalue weighted by Gasteiger charge is 2.42. The number of hydrogen-bond acceptors (Lipinski definition) is 6. The van der Waals surface area contributed by atoms with Crippen molar-refractivity contribution in [2.45, 2.75) is 0 Å². The van der Waals surface area contributed by atoms with E-state index in [1.807, 2.05) is 0 Å². The van der Waals surface area contributed by atoms with Crippen LogP contribution in [0.3, 0.4) is 0 Å². The number of rotatable bonds is 0. The van der Waals surface area contributed by atoms with E-state index in [4.69, 9.17) is 9.47 Å². The molecule has 2 heterocycles. The van der Waals surface area contributed by atoms with E-state index >= 15 is 0 Å². The van der Waals surface area contributed by atoms with Crippen LogP contribution in [-0.4, -0.2) is 23.9 Å². The molecule has 0 spiro atoms. The van der Waals surface area contributed by atoms with E-state index in [1.165, 1.54) is 0 Å². The lowest BCUT2D eigenvalue weighted by Crippen LogP contribution is -2.27. The van der Waals surface area contributed by atoms with Crippen molar-refractivity contribution in [2.75, 3.05) is 0 Å². The van der Waals surface area contributed by atoms with Gasteiger partial charge in [0, 0.05) is 28.7 Å². The van der Waals surface area contributed by atoms with Gasteiger partial charge >= 0.3 is 23.9 Å². The van der Waals surface area contributed by atoms with Gasteiger partial charge in [-0.25, -0.2) is 19.2 Å². The van der Waals surface area contributed by atoms with Crippen LogP contribution >= 0.6 is 63.7 Å². The van der Waals surface area contributed by atoms with Crippen molar-refractivity contribution in [3.05, 3.63) is 40.1 Å². The Morgan fingerprint density at radius 1 is 0.458 bits per heavy atom. The van der Waals surface area contributed by atoms with E-state index in [9.17, 15) is 19.2 Å². The van der Waals surface area contributed by atoms with Crippen molar-refractivity contribution in [1.29, 1.82) is 0 Å². The molecule has 10 heteroatoms. The molecule has 6 nitrogen and oxygen atoms in total. The Bertz CT molecular complexity index is 908. The second-order valence-electron chi connectivity index (χ2n) is 4.86. The summed E-state index contributed by atoms with van der Waals surface area (Å²) in [5.74, 6) is -3.51.